The van der Waals surface area contributed by atoms with Crippen LogP contribution in [0.4, 0.5) is 4.39 Å². The number of hydrogen-bond donors (Lipinski definition) is 2. The number of aromatic hydroxyl groups is 1. The van der Waals surface area contributed by atoms with Crippen molar-refractivity contribution in [3.05, 3.63) is 29.6 Å². The van der Waals surface area contributed by atoms with Gasteiger partial charge in [0.1, 0.15) is 0 Å². The Morgan fingerprint density at radius 2 is 2.35 bits per heavy atom. The van der Waals surface area contributed by atoms with Gasteiger partial charge in [0.05, 0.1) is 6.42 Å². The first kappa shape index (κ1) is 14.8. The van der Waals surface area contributed by atoms with Crippen molar-refractivity contribution >= 4 is 5.91 Å². The van der Waals surface area contributed by atoms with Crippen LogP contribution in [0.1, 0.15) is 24.8 Å². The number of ether oxygens (including phenoxy) is 1. The smallest absolute Gasteiger partial charge is 0.224 e. The molecule has 1 saturated heterocycles. The first-order valence-corrected chi connectivity index (χ1v) is 6.97. The molecule has 0 radical (unpaired) electrons. The summed E-state index contributed by atoms with van der Waals surface area (Å²) in [6.07, 6.45) is 3.24. The summed E-state index contributed by atoms with van der Waals surface area (Å²) in [6, 6.07) is 4.00. The Morgan fingerprint density at radius 3 is 3.05 bits per heavy atom. The second kappa shape index (κ2) is 7.24. The molecule has 0 spiro atoms. The number of nitrogens with one attached hydrogen (secondary N) is 1. The van der Waals surface area contributed by atoms with E-state index in [0.717, 1.165) is 32.5 Å². The van der Waals surface area contributed by atoms with Gasteiger partial charge in [0, 0.05) is 19.8 Å². The van der Waals surface area contributed by atoms with E-state index in [1.54, 1.807) is 6.07 Å². The van der Waals surface area contributed by atoms with E-state index < -0.39 is 11.6 Å². The van der Waals surface area contributed by atoms with Crippen LogP contribution in [-0.2, 0) is 16.0 Å². The topological polar surface area (TPSA) is 58.6 Å². The molecule has 1 aromatic carbocycles. The van der Waals surface area contributed by atoms with E-state index in [4.69, 9.17) is 9.84 Å². The van der Waals surface area contributed by atoms with Gasteiger partial charge in [-0.15, -0.1) is 0 Å². The van der Waals surface area contributed by atoms with E-state index in [9.17, 15) is 9.18 Å². The maximum absolute atomic E-state index is 13.1. The molecule has 20 heavy (non-hydrogen) atoms. The molecule has 0 unspecified atom stereocenters. The number of carbonyl (C=O) groups excluding carboxylic acids is 1. The van der Waals surface area contributed by atoms with E-state index in [1.807, 2.05) is 0 Å². The van der Waals surface area contributed by atoms with Gasteiger partial charge in [-0.1, -0.05) is 6.07 Å². The zero-order chi connectivity index (χ0) is 14.4. The van der Waals surface area contributed by atoms with Crippen molar-refractivity contribution in [3.63, 3.8) is 0 Å². The Bertz CT molecular complexity index is 458. The first-order valence-electron chi connectivity index (χ1n) is 6.97. The Balaban J connectivity index is 1.65. The monoisotopic (exact) mass is 281 g/mol. The molecule has 0 saturated carbocycles. The van der Waals surface area contributed by atoms with Crippen LogP contribution in [0, 0.1) is 11.7 Å². The predicted octanol–water partition coefficient (Wildman–Crippen LogP) is 2.01. The van der Waals surface area contributed by atoms with Gasteiger partial charge in [0.25, 0.3) is 0 Å². The predicted molar refractivity (Wildman–Crippen MR) is 72.9 cm³/mol. The number of phenolic OH excluding ortho intramolecular Hbond substituents is 1. The molecule has 1 aliphatic rings. The highest BCUT2D eigenvalue weighted by molar-refractivity contribution is 5.78. The Hall–Kier alpha value is -1.62. The lowest BCUT2D eigenvalue weighted by Crippen LogP contribution is -2.26. The third kappa shape index (κ3) is 4.49. The van der Waals surface area contributed by atoms with Crippen molar-refractivity contribution < 1.29 is 19.0 Å². The van der Waals surface area contributed by atoms with Gasteiger partial charge in [0.2, 0.25) is 5.91 Å². The number of phenols is 1. The maximum atomic E-state index is 13.1. The van der Waals surface area contributed by atoms with Gasteiger partial charge < -0.3 is 15.2 Å². The molecule has 2 N–H and O–H groups in total. The zero-order valence-electron chi connectivity index (χ0n) is 11.4. The standard InChI is InChI=1S/C15H20FNO3/c16-13-8-12(3-4-14(13)18)9-15(19)17-6-1-2-11-5-7-20-10-11/h3-4,8,11,18H,1-2,5-7,9-10H2,(H,17,19)/t11-/m0/s1. The van der Waals surface area contributed by atoms with Crippen molar-refractivity contribution in [1.29, 1.82) is 0 Å². The van der Waals surface area contributed by atoms with E-state index >= 15 is 0 Å². The molecule has 110 valence electrons. The first-order chi connectivity index (χ1) is 9.65. The zero-order valence-corrected chi connectivity index (χ0v) is 11.4. The van der Waals surface area contributed by atoms with Crippen molar-refractivity contribution in [2.24, 2.45) is 5.92 Å². The molecular formula is C15H20FNO3. The average Bonchev–Trinajstić information content (AvgIpc) is 2.92. The van der Waals surface area contributed by atoms with Crippen LogP contribution in [0.15, 0.2) is 18.2 Å². The van der Waals surface area contributed by atoms with Crippen LogP contribution >= 0.6 is 0 Å². The largest absolute Gasteiger partial charge is 0.505 e. The van der Waals surface area contributed by atoms with Gasteiger partial charge >= 0.3 is 0 Å². The highest BCUT2D eigenvalue weighted by Crippen LogP contribution is 2.18. The molecule has 0 aromatic heterocycles. The summed E-state index contributed by atoms with van der Waals surface area (Å²) in [4.78, 5) is 11.7. The fraction of sp³-hybridized carbons (Fsp3) is 0.533. The highest BCUT2D eigenvalue weighted by Gasteiger charge is 2.14. The minimum atomic E-state index is -0.698. The molecule has 1 heterocycles. The van der Waals surface area contributed by atoms with Gasteiger partial charge in [-0.05, 0) is 42.9 Å². The third-order valence-electron chi connectivity index (χ3n) is 3.51. The molecule has 5 heteroatoms. The summed E-state index contributed by atoms with van der Waals surface area (Å²) >= 11 is 0. The molecule has 1 amide bonds. The van der Waals surface area contributed by atoms with Crippen molar-refractivity contribution in [2.75, 3.05) is 19.8 Å². The molecule has 1 fully saturated rings. The number of carbonyl (C=O) groups is 1. The fourth-order valence-corrected chi connectivity index (χ4v) is 2.34. The minimum absolute atomic E-state index is 0.127. The Morgan fingerprint density at radius 1 is 1.50 bits per heavy atom. The molecule has 1 aromatic rings. The molecule has 0 aliphatic carbocycles. The van der Waals surface area contributed by atoms with E-state index in [0.29, 0.717) is 18.0 Å². The summed E-state index contributed by atoms with van der Waals surface area (Å²) in [5, 5.41) is 11.9. The van der Waals surface area contributed by atoms with Crippen LogP contribution in [0.2, 0.25) is 0 Å². The molecular weight excluding hydrogens is 261 g/mol. The molecule has 1 aliphatic heterocycles. The fourth-order valence-electron chi connectivity index (χ4n) is 2.34. The summed E-state index contributed by atoms with van der Waals surface area (Å²) in [5.41, 5.74) is 0.557. The number of benzene rings is 1. The Labute approximate surface area is 117 Å². The molecule has 4 nitrogen and oxygen atoms in total. The second-order valence-electron chi connectivity index (χ2n) is 5.18. The normalized spacial score (nSPS) is 18.1. The minimum Gasteiger partial charge on any atom is -0.505 e. The SMILES string of the molecule is O=C(Cc1ccc(O)c(F)c1)NCCC[C@H]1CCOC1. The van der Waals surface area contributed by atoms with Gasteiger partial charge in [-0.25, -0.2) is 4.39 Å². The van der Waals surface area contributed by atoms with Crippen LogP contribution in [0.3, 0.4) is 0 Å². The van der Waals surface area contributed by atoms with E-state index in [1.165, 1.54) is 12.1 Å². The van der Waals surface area contributed by atoms with E-state index in [2.05, 4.69) is 5.32 Å². The average molecular weight is 281 g/mol. The molecule has 2 rings (SSSR count). The summed E-state index contributed by atoms with van der Waals surface area (Å²) < 4.78 is 18.4. The maximum Gasteiger partial charge on any atom is 0.224 e. The lowest BCUT2D eigenvalue weighted by Gasteiger charge is -2.08. The van der Waals surface area contributed by atoms with E-state index in [-0.39, 0.29) is 12.3 Å². The van der Waals surface area contributed by atoms with Crippen LogP contribution < -0.4 is 5.32 Å². The lowest BCUT2D eigenvalue weighted by molar-refractivity contribution is -0.120. The highest BCUT2D eigenvalue weighted by atomic mass is 19.1. The van der Waals surface area contributed by atoms with Crippen molar-refractivity contribution in [3.8, 4) is 5.75 Å². The quantitative estimate of drug-likeness (QED) is 0.784. The Kier molecular flexibility index (Phi) is 5.35. The van der Waals surface area contributed by atoms with Crippen LogP contribution in [0.5, 0.6) is 5.75 Å². The van der Waals surface area contributed by atoms with Crippen LogP contribution in [-0.4, -0.2) is 30.8 Å². The van der Waals surface area contributed by atoms with Crippen molar-refractivity contribution in [2.45, 2.75) is 25.7 Å². The summed E-state index contributed by atoms with van der Waals surface area (Å²) in [5.74, 6) is -0.597. The van der Waals surface area contributed by atoms with Gasteiger partial charge in [-0.3, -0.25) is 4.79 Å². The van der Waals surface area contributed by atoms with Crippen LogP contribution in [0.25, 0.3) is 0 Å². The number of hydrogen-bond acceptors (Lipinski definition) is 3. The molecule has 0 bridgehead atoms. The number of amides is 1. The van der Waals surface area contributed by atoms with Gasteiger partial charge in [-0.2, -0.15) is 0 Å². The molecule has 1 atom stereocenters. The third-order valence-corrected chi connectivity index (χ3v) is 3.51. The number of rotatable bonds is 6. The van der Waals surface area contributed by atoms with Gasteiger partial charge in [0.15, 0.2) is 11.6 Å². The number of halogens is 1. The second-order valence-corrected chi connectivity index (χ2v) is 5.18. The lowest BCUT2D eigenvalue weighted by atomic mass is 10.0. The van der Waals surface area contributed by atoms with Crippen molar-refractivity contribution in [1.82, 2.24) is 5.32 Å². The summed E-state index contributed by atoms with van der Waals surface area (Å²) in [6.45, 7) is 2.32. The summed E-state index contributed by atoms with van der Waals surface area (Å²) in [7, 11) is 0.